The van der Waals surface area contributed by atoms with Crippen molar-refractivity contribution in [2.24, 2.45) is 0 Å². The average Bonchev–Trinajstić information content (AvgIpc) is 2.83. The Balaban J connectivity index is 2.07. The van der Waals surface area contributed by atoms with Crippen LogP contribution < -0.4 is 10.5 Å². The van der Waals surface area contributed by atoms with Crippen LogP contribution in [0.1, 0.15) is 12.8 Å². The van der Waals surface area contributed by atoms with E-state index in [9.17, 15) is 12.8 Å². The van der Waals surface area contributed by atoms with Crippen LogP contribution in [0.3, 0.4) is 0 Å². The normalized spacial score (nSPS) is 20.2. The predicted molar refractivity (Wildman–Crippen MR) is 71.5 cm³/mol. The fraction of sp³-hybridized carbons (Fsp3) is 0.455. The Labute approximate surface area is 110 Å². The van der Waals surface area contributed by atoms with E-state index in [4.69, 9.17) is 5.73 Å². The molecule has 0 bridgehead atoms. The molecule has 1 aliphatic rings. The number of halogens is 1. The van der Waals surface area contributed by atoms with Crippen molar-refractivity contribution in [2.45, 2.75) is 23.0 Å². The lowest BCUT2D eigenvalue weighted by Gasteiger charge is -2.11. The maximum atomic E-state index is 13.0. The number of nitrogen functional groups attached to an aromatic ring is 1. The molecule has 1 aromatic rings. The molecule has 7 heteroatoms. The molecule has 1 unspecified atom stereocenters. The first-order valence-corrected chi connectivity index (χ1v) is 8.18. The third-order valence-corrected chi connectivity index (χ3v) is 5.62. The molecule has 18 heavy (non-hydrogen) atoms. The molecule has 1 atom stereocenters. The zero-order valence-electron chi connectivity index (χ0n) is 9.73. The zero-order valence-corrected chi connectivity index (χ0v) is 11.4. The van der Waals surface area contributed by atoms with Crippen LogP contribution >= 0.6 is 11.8 Å². The van der Waals surface area contributed by atoms with Crippen LogP contribution in [0, 0.1) is 5.82 Å². The van der Waals surface area contributed by atoms with Gasteiger partial charge in [0.05, 0.1) is 10.6 Å². The zero-order chi connectivity index (χ0) is 13.2. The van der Waals surface area contributed by atoms with Gasteiger partial charge in [-0.2, -0.15) is 11.8 Å². The fourth-order valence-electron chi connectivity index (χ4n) is 1.78. The largest absolute Gasteiger partial charge is 0.396 e. The second kappa shape index (κ2) is 5.46. The van der Waals surface area contributed by atoms with Crippen LogP contribution in [0.2, 0.25) is 0 Å². The molecule has 100 valence electrons. The Morgan fingerprint density at radius 2 is 2.28 bits per heavy atom. The minimum absolute atomic E-state index is 0.00407. The van der Waals surface area contributed by atoms with Crippen molar-refractivity contribution in [3.8, 4) is 0 Å². The second-order valence-corrected chi connectivity index (χ2v) is 7.35. The topological polar surface area (TPSA) is 72.2 Å². The molecule has 4 nitrogen and oxygen atoms in total. The van der Waals surface area contributed by atoms with Crippen molar-refractivity contribution in [1.29, 1.82) is 0 Å². The summed E-state index contributed by atoms with van der Waals surface area (Å²) in [6, 6.07) is 3.42. The van der Waals surface area contributed by atoms with Gasteiger partial charge in [0.2, 0.25) is 10.0 Å². The van der Waals surface area contributed by atoms with Gasteiger partial charge in [-0.25, -0.2) is 17.5 Å². The first kappa shape index (κ1) is 13.6. The molecular weight excluding hydrogens is 275 g/mol. The van der Waals surface area contributed by atoms with E-state index < -0.39 is 15.8 Å². The monoisotopic (exact) mass is 290 g/mol. The number of thioether (sulfide) groups is 1. The fourth-order valence-corrected chi connectivity index (χ4v) is 4.20. The molecule has 0 saturated carbocycles. The number of anilines is 1. The summed E-state index contributed by atoms with van der Waals surface area (Å²) in [5.41, 5.74) is 5.21. The summed E-state index contributed by atoms with van der Waals surface area (Å²) in [5.74, 6) is 0.468. The summed E-state index contributed by atoms with van der Waals surface area (Å²) in [4.78, 5) is 0.00407. The highest BCUT2D eigenvalue weighted by Gasteiger charge is 2.20. The van der Waals surface area contributed by atoms with Crippen LogP contribution in [0.4, 0.5) is 10.1 Å². The van der Waals surface area contributed by atoms with Crippen molar-refractivity contribution >= 4 is 27.5 Å². The highest BCUT2D eigenvalue weighted by molar-refractivity contribution is 8.00. The van der Waals surface area contributed by atoms with Gasteiger partial charge in [-0.1, -0.05) is 0 Å². The van der Waals surface area contributed by atoms with E-state index >= 15 is 0 Å². The maximum Gasteiger partial charge on any atom is 0.240 e. The molecule has 1 fully saturated rings. The maximum absolute atomic E-state index is 13.0. The van der Waals surface area contributed by atoms with Crippen LogP contribution in [0.15, 0.2) is 23.1 Å². The Morgan fingerprint density at radius 1 is 1.50 bits per heavy atom. The molecule has 0 aliphatic carbocycles. The Kier molecular flexibility index (Phi) is 4.14. The highest BCUT2D eigenvalue weighted by atomic mass is 32.2. The van der Waals surface area contributed by atoms with Gasteiger partial charge in [0.15, 0.2) is 0 Å². The third kappa shape index (κ3) is 3.15. The SMILES string of the molecule is Nc1cc(S(=O)(=O)NCC2CCCS2)ccc1F. The van der Waals surface area contributed by atoms with E-state index in [-0.39, 0.29) is 10.6 Å². The number of nitrogens with two attached hydrogens (primary N) is 1. The number of hydrogen-bond acceptors (Lipinski definition) is 4. The van der Waals surface area contributed by atoms with Crippen molar-refractivity contribution in [2.75, 3.05) is 18.0 Å². The lowest BCUT2D eigenvalue weighted by molar-refractivity contribution is 0.578. The molecule has 1 saturated heterocycles. The number of sulfonamides is 1. The number of benzene rings is 1. The van der Waals surface area contributed by atoms with Crippen LogP contribution in [0.5, 0.6) is 0 Å². The minimum Gasteiger partial charge on any atom is -0.396 e. The molecule has 0 aromatic heterocycles. The van der Waals surface area contributed by atoms with Crippen LogP contribution in [0.25, 0.3) is 0 Å². The van der Waals surface area contributed by atoms with E-state index in [1.807, 2.05) is 0 Å². The Hall–Kier alpha value is -0.790. The minimum atomic E-state index is -3.60. The molecule has 0 radical (unpaired) electrons. The van der Waals surface area contributed by atoms with Gasteiger partial charge in [0, 0.05) is 11.8 Å². The van der Waals surface area contributed by atoms with Gasteiger partial charge < -0.3 is 5.73 Å². The quantitative estimate of drug-likeness (QED) is 0.826. The van der Waals surface area contributed by atoms with E-state index in [0.29, 0.717) is 11.8 Å². The van der Waals surface area contributed by atoms with Gasteiger partial charge in [-0.15, -0.1) is 0 Å². The van der Waals surface area contributed by atoms with Crippen LogP contribution in [-0.4, -0.2) is 26.0 Å². The smallest absolute Gasteiger partial charge is 0.240 e. The summed E-state index contributed by atoms with van der Waals surface area (Å²) in [5, 5.41) is 0.331. The molecular formula is C11H15FN2O2S2. The first-order valence-electron chi connectivity index (χ1n) is 5.65. The summed E-state index contributed by atoms with van der Waals surface area (Å²) in [7, 11) is -3.60. The van der Waals surface area contributed by atoms with Crippen molar-refractivity contribution < 1.29 is 12.8 Å². The Bertz CT molecular complexity index is 528. The summed E-state index contributed by atoms with van der Waals surface area (Å²) in [6.45, 7) is 0.407. The van der Waals surface area contributed by atoms with E-state index in [1.54, 1.807) is 11.8 Å². The van der Waals surface area contributed by atoms with Gasteiger partial charge in [0.1, 0.15) is 5.82 Å². The summed E-state index contributed by atoms with van der Waals surface area (Å²) < 4.78 is 39.4. The molecule has 0 amide bonds. The third-order valence-electron chi connectivity index (χ3n) is 2.80. The number of rotatable bonds is 4. The highest BCUT2D eigenvalue weighted by Crippen LogP contribution is 2.25. The van der Waals surface area contributed by atoms with Crippen molar-refractivity contribution in [3.63, 3.8) is 0 Å². The van der Waals surface area contributed by atoms with Gasteiger partial charge in [-0.3, -0.25) is 0 Å². The van der Waals surface area contributed by atoms with Crippen molar-refractivity contribution in [3.05, 3.63) is 24.0 Å². The van der Waals surface area contributed by atoms with E-state index in [1.165, 1.54) is 6.07 Å². The van der Waals surface area contributed by atoms with Gasteiger partial charge in [-0.05, 0) is 36.8 Å². The first-order chi connectivity index (χ1) is 8.49. The second-order valence-electron chi connectivity index (χ2n) is 4.17. The predicted octanol–water partition coefficient (Wildman–Crippen LogP) is 1.58. The van der Waals surface area contributed by atoms with Gasteiger partial charge in [0.25, 0.3) is 0 Å². The lowest BCUT2D eigenvalue weighted by atomic mass is 10.2. The van der Waals surface area contributed by atoms with Gasteiger partial charge >= 0.3 is 0 Å². The number of hydrogen-bond donors (Lipinski definition) is 2. The van der Waals surface area contributed by atoms with Crippen LogP contribution in [-0.2, 0) is 10.0 Å². The lowest BCUT2D eigenvalue weighted by Crippen LogP contribution is -2.29. The van der Waals surface area contributed by atoms with E-state index in [2.05, 4.69) is 4.72 Å². The molecule has 1 aliphatic heterocycles. The standard InChI is InChI=1S/C11H15FN2O2S2/c12-10-4-3-9(6-11(10)13)18(15,16)14-7-8-2-1-5-17-8/h3-4,6,8,14H,1-2,5,7,13H2. The summed E-state index contributed by atoms with van der Waals surface area (Å²) >= 11 is 1.77. The molecule has 1 aromatic carbocycles. The average molecular weight is 290 g/mol. The molecule has 3 N–H and O–H groups in total. The summed E-state index contributed by atoms with van der Waals surface area (Å²) in [6.07, 6.45) is 2.15. The molecule has 2 rings (SSSR count). The molecule has 1 heterocycles. The molecule has 0 spiro atoms. The number of nitrogens with one attached hydrogen (secondary N) is 1. The van der Waals surface area contributed by atoms with E-state index in [0.717, 1.165) is 30.7 Å². The van der Waals surface area contributed by atoms with Crippen molar-refractivity contribution in [1.82, 2.24) is 4.72 Å². The Morgan fingerprint density at radius 3 is 2.89 bits per heavy atom.